The first-order valence-electron chi connectivity index (χ1n) is 6.43. The SMILES string of the molecule is COc1cc([N+](=O)[O-])ccc1NC(C)CC(C)(C)OC. The van der Waals surface area contributed by atoms with Gasteiger partial charge in [0.25, 0.3) is 5.69 Å². The molecule has 1 aromatic carbocycles. The number of nitrogens with zero attached hydrogens (tertiary/aromatic N) is 1. The molecule has 0 amide bonds. The van der Waals surface area contributed by atoms with Gasteiger partial charge in [0.15, 0.2) is 0 Å². The van der Waals surface area contributed by atoms with Crippen LogP contribution in [0.5, 0.6) is 5.75 Å². The average Bonchev–Trinajstić information content (AvgIpc) is 2.38. The van der Waals surface area contributed by atoms with Gasteiger partial charge in [0.05, 0.1) is 29.4 Å². The maximum absolute atomic E-state index is 10.7. The van der Waals surface area contributed by atoms with E-state index in [1.54, 1.807) is 13.2 Å². The zero-order valence-corrected chi connectivity index (χ0v) is 12.6. The summed E-state index contributed by atoms with van der Waals surface area (Å²) in [7, 11) is 3.17. The Bertz CT molecular complexity index is 474. The van der Waals surface area contributed by atoms with E-state index in [4.69, 9.17) is 9.47 Å². The summed E-state index contributed by atoms with van der Waals surface area (Å²) in [5.74, 6) is 0.460. The molecule has 0 radical (unpaired) electrons. The van der Waals surface area contributed by atoms with Gasteiger partial charge in [-0.2, -0.15) is 0 Å². The number of anilines is 1. The molecule has 112 valence electrons. The number of nitro benzene ring substituents is 1. The van der Waals surface area contributed by atoms with Crippen molar-refractivity contribution in [2.24, 2.45) is 0 Å². The Morgan fingerprint density at radius 3 is 2.55 bits per heavy atom. The molecule has 6 nitrogen and oxygen atoms in total. The van der Waals surface area contributed by atoms with Crippen molar-refractivity contribution in [1.29, 1.82) is 0 Å². The van der Waals surface area contributed by atoms with Crippen LogP contribution in [0.1, 0.15) is 27.2 Å². The van der Waals surface area contributed by atoms with Crippen LogP contribution < -0.4 is 10.1 Å². The molecule has 0 heterocycles. The van der Waals surface area contributed by atoms with Gasteiger partial charge >= 0.3 is 0 Å². The fourth-order valence-corrected chi connectivity index (χ4v) is 2.05. The van der Waals surface area contributed by atoms with E-state index < -0.39 is 4.92 Å². The highest BCUT2D eigenvalue weighted by molar-refractivity contribution is 5.61. The Balaban J connectivity index is 2.84. The van der Waals surface area contributed by atoms with Crippen LogP contribution in [0, 0.1) is 10.1 Å². The molecular weight excluding hydrogens is 260 g/mol. The van der Waals surface area contributed by atoms with Crippen LogP contribution in [-0.4, -0.2) is 30.8 Å². The third-order valence-electron chi connectivity index (χ3n) is 3.15. The summed E-state index contributed by atoms with van der Waals surface area (Å²) in [5.41, 5.74) is 0.509. The van der Waals surface area contributed by atoms with Crippen molar-refractivity contribution in [3.05, 3.63) is 28.3 Å². The van der Waals surface area contributed by atoms with Crippen LogP contribution in [0.4, 0.5) is 11.4 Å². The Morgan fingerprint density at radius 1 is 1.40 bits per heavy atom. The molecule has 0 aliphatic carbocycles. The first-order chi connectivity index (χ1) is 9.29. The highest BCUT2D eigenvalue weighted by Gasteiger charge is 2.21. The standard InChI is InChI=1S/C14H22N2O4/c1-10(9-14(2,3)20-5)15-12-7-6-11(16(17)18)8-13(12)19-4/h6-8,10,15H,9H2,1-5H3. The molecule has 0 spiro atoms. The van der Waals surface area contributed by atoms with Crippen LogP contribution in [0.15, 0.2) is 18.2 Å². The number of nitrogens with one attached hydrogen (secondary N) is 1. The molecule has 0 saturated carbocycles. The molecule has 6 heteroatoms. The average molecular weight is 282 g/mol. The fourth-order valence-electron chi connectivity index (χ4n) is 2.05. The quantitative estimate of drug-likeness (QED) is 0.614. The summed E-state index contributed by atoms with van der Waals surface area (Å²) in [6.45, 7) is 6.05. The first-order valence-corrected chi connectivity index (χ1v) is 6.43. The molecule has 1 atom stereocenters. The molecule has 1 N–H and O–H groups in total. The van der Waals surface area contributed by atoms with Crippen molar-refractivity contribution >= 4 is 11.4 Å². The van der Waals surface area contributed by atoms with Gasteiger partial charge < -0.3 is 14.8 Å². The van der Waals surface area contributed by atoms with Gasteiger partial charge in [0, 0.05) is 19.2 Å². The molecular formula is C14H22N2O4. The number of benzene rings is 1. The second kappa shape index (κ2) is 6.56. The van der Waals surface area contributed by atoms with Crippen molar-refractivity contribution in [1.82, 2.24) is 0 Å². The van der Waals surface area contributed by atoms with Crippen molar-refractivity contribution in [3.63, 3.8) is 0 Å². The maximum Gasteiger partial charge on any atom is 0.273 e. The lowest BCUT2D eigenvalue weighted by Gasteiger charge is -2.28. The van der Waals surface area contributed by atoms with Crippen molar-refractivity contribution in [2.45, 2.75) is 38.8 Å². The predicted octanol–water partition coefficient (Wildman–Crippen LogP) is 3.22. The summed E-state index contributed by atoms with van der Waals surface area (Å²) in [6.07, 6.45) is 0.795. The number of nitro groups is 1. The van der Waals surface area contributed by atoms with Gasteiger partial charge in [-0.15, -0.1) is 0 Å². The minimum absolute atomic E-state index is 0.0114. The number of hydrogen-bond acceptors (Lipinski definition) is 5. The first kappa shape index (κ1) is 16.2. The lowest BCUT2D eigenvalue weighted by Crippen LogP contribution is -2.31. The van der Waals surface area contributed by atoms with Crippen LogP contribution in [-0.2, 0) is 4.74 Å². The van der Waals surface area contributed by atoms with E-state index in [9.17, 15) is 10.1 Å². The number of ether oxygens (including phenoxy) is 2. The predicted molar refractivity (Wildman–Crippen MR) is 78.4 cm³/mol. The number of rotatable bonds is 7. The highest BCUT2D eigenvalue weighted by Crippen LogP contribution is 2.30. The number of hydrogen-bond donors (Lipinski definition) is 1. The van der Waals surface area contributed by atoms with Gasteiger partial charge in [-0.1, -0.05) is 0 Å². The van der Waals surface area contributed by atoms with Crippen LogP contribution >= 0.6 is 0 Å². The Hall–Kier alpha value is -1.82. The van der Waals surface area contributed by atoms with E-state index in [0.717, 1.165) is 12.1 Å². The Morgan fingerprint density at radius 2 is 2.05 bits per heavy atom. The molecule has 1 unspecified atom stereocenters. The van der Waals surface area contributed by atoms with Gasteiger partial charge in [0.2, 0.25) is 0 Å². The summed E-state index contributed by atoms with van der Waals surface area (Å²) in [6, 6.07) is 4.67. The van der Waals surface area contributed by atoms with Crippen molar-refractivity contribution in [3.8, 4) is 5.75 Å². The molecule has 0 aliphatic rings. The highest BCUT2D eigenvalue weighted by atomic mass is 16.6. The minimum Gasteiger partial charge on any atom is -0.494 e. The fraction of sp³-hybridized carbons (Fsp3) is 0.571. The molecule has 0 saturated heterocycles. The maximum atomic E-state index is 10.7. The summed E-state index contributed by atoms with van der Waals surface area (Å²) >= 11 is 0. The van der Waals surface area contributed by atoms with Crippen molar-refractivity contribution in [2.75, 3.05) is 19.5 Å². The lowest BCUT2D eigenvalue weighted by atomic mass is 9.99. The van der Waals surface area contributed by atoms with E-state index in [1.165, 1.54) is 19.2 Å². The summed E-state index contributed by atoms with van der Waals surface area (Å²) in [4.78, 5) is 10.3. The lowest BCUT2D eigenvalue weighted by molar-refractivity contribution is -0.384. The molecule has 0 aliphatic heterocycles. The van der Waals surface area contributed by atoms with E-state index in [-0.39, 0.29) is 17.3 Å². The smallest absolute Gasteiger partial charge is 0.273 e. The molecule has 1 rings (SSSR count). The Labute approximate surface area is 119 Å². The zero-order valence-electron chi connectivity index (χ0n) is 12.6. The topological polar surface area (TPSA) is 73.6 Å². The largest absolute Gasteiger partial charge is 0.494 e. The van der Waals surface area contributed by atoms with Crippen LogP contribution in [0.2, 0.25) is 0 Å². The molecule has 1 aromatic rings. The van der Waals surface area contributed by atoms with Crippen LogP contribution in [0.25, 0.3) is 0 Å². The third-order valence-corrected chi connectivity index (χ3v) is 3.15. The van der Waals surface area contributed by atoms with Gasteiger partial charge in [-0.3, -0.25) is 10.1 Å². The second-order valence-electron chi connectivity index (χ2n) is 5.36. The zero-order chi connectivity index (χ0) is 15.3. The molecule has 0 fully saturated rings. The van der Waals surface area contributed by atoms with Crippen LogP contribution in [0.3, 0.4) is 0 Å². The molecule has 20 heavy (non-hydrogen) atoms. The second-order valence-corrected chi connectivity index (χ2v) is 5.36. The van der Waals surface area contributed by atoms with Crippen molar-refractivity contribution < 1.29 is 14.4 Å². The normalized spacial score (nSPS) is 12.8. The van der Waals surface area contributed by atoms with Gasteiger partial charge in [-0.05, 0) is 33.3 Å². The summed E-state index contributed by atoms with van der Waals surface area (Å²) < 4.78 is 10.6. The van der Waals surface area contributed by atoms with Gasteiger partial charge in [0.1, 0.15) is 5.75 Å². The van der Waals surface area contributed by atoms with E-state index in [2.05, 4.69) is 5.32 Å². The minimum atomic E-state index is -0.441. The van der Waals surface area contributed by atoms with E-state index >= 15 is 0 Å². The molecule has 0 bridgehead atoms. The number of non-ortho nitro benzene ring substituents is 1. The number of methoxy groups -OCH3 is 2. The molecule has 0 aromatic heterocycles. The third kappa shape index (κ3) is 4.38. The Kier molecular flexibility index (Phi) is 5.33. The monoisotopic (exact) mass is 282 g/mol. The van der Waals surface area contributed by atoms with Gasteiger partial charge in [-0.25, -0.2) is 0 Å². The summed E-state index contributed by atoms with van der Waals surface area (Å²) in [5, 5.41) is 14.0. The van der Waals surface area contributed by atoms with E-state index in [0.29, 0.717) is 5.75 Å². The van der Waals surface area contributed by atoms with E-state index in [1.807, 2.05) is 20.8 Å².